The topological polar surface area (TPSA) is 47.0 Å². The third-order valence-electron chi connectivity index (χ3n) is 2.76. The molecule has 0 spiro atoms. The normalized spacial score (nSPS) is 10.5. The summed E-state index contributed by atoms with van der Waals surface area (Å²) < 4.78 is 18.7. The van der Waals surface area contributed by atoms with Crippen LogP contribution in [-0.2, 0) is 6.54 Å². The molecule has 1 N–H and O–H groups in total. The molecule has 0 aliphatic rings. The zero-order chi connectivity index (χ0) is 13.8. The molecule has 0 fully saturated rings. The number of ether oxygens (including phenoxy) is 1. The lowest BCUT2D eigenvalue weighted by Crippen LogP contribution is -2.08. The number of benzene rings is 1. The highest BCUT2D eigenvalue weighted by Crippen LogP contribution is 2.21. The van der Waals surface area contributed by atoms with Gasteiger partial charge in [0.1, 0.15) is 11.6 Å². The van der Waals surface area contributed by atoms with Gasteiger partial charge in [0.25, 0.3) is 0 Å². The van der Waals surface area contributed by atoms with Crippen molar-refractivity contribution in [2.75, 3.05) is 7.05 Å². The van der Waals surface area contributed by atoms with E-state index in [1.165, 1.54) is 6.07 Å². The summed E-state index contributed by atoms with van der Waals surface area (Å²) in [6.45, 7) is 4.29. The summed E-state index contributed by atoms with van der Waals surface area (Å²) in [4.78, 5) is 8.41. The molecule has 2 rings (SSSR count). The van der Waals surface area contributed by atoms with Gasteiger partial charge in [-0.15, -0.1) is 0 Å². The van der Waals surface area contributed by atoms with Gasteiger partial charge in [-0.2, -0.15) is 4.98 Å². The Morgan fingerprint density at radius 3 is 2.74 bits per heavy atom. The van der Waals surface area contributed by atoms with Crippen molar-refractivity contribution >= 4 is 0 Å². The Bertz CT molecular complexity index is 587. The molecule has 0 aliphatic heterocycles. The molecule has 1 aromatic heterocycles. The molecule has 2 aromatic rings. The minimum Gasteiger partial charge on any atom is -0.424 e. The van der Waals surface area contributed by atoms with Crippen LogP contribution in [0.1, 0.15) is 16.8 Å². The number of rotatable bonds is 4. The van der Waals surface area contributed by atoms with Crippen LogP contribution in [0.15, 0.2) is 24.4 Å². The molecule has 0 amide bonds. The minimum atomic E-state index is -0.256. The van der Waals surface area contributed by atoms with Crippen molar-refractivity contribution < 1.29 is 9.13 Å². The summed E-state index contributed by atoms with van der Waals surface area (Å²) >= 11 is 0. The molecule has 100 valence electrons. The monoisotopic (exact) mass is 261 g/mol. The van der Waals surface area contributed by atoms with E-state index >= 15 is 0 Å². The molecule has 19 heavy (non-hydrogen) atoms. The summed E-state index contributed by atoms with van der Waals surface area (Å²) in [6.07, 6.45) is 1.73. The van der Waals surface area contributed by atoms with Gasteiger partial charge in [-0.25, -0.2) is 9.37 Å². The molecule has 1 heterocycles. The molecule has 0 radical (unpaired) electrons. The summed E-state index contributed by atoms with van der Waals surface area (Å²) in [5, 5.41) is 3.05. The average Bonchev–Trinajstić information content (AvgIpc) is 2.37. The van der Waals surface area contributed by atoms with Crippen LogP contribution >= 0.6 is 0 Å². The maximum Gasteiger partial charge on any atom is 0.322 e. The van der Waals surface area contributed by atoms with E-state index in [9.17, 15) is 4.39 Å². The van der Waals surface area contributed by atoms with Crippen LogP contribution in [0.2, 0.25) is 0 Å². The van der Waals surface area contributed by atoms with Gasteiger partial charge in [-0.3, -0.25) is 0 Å². The van der Waals surface area contributed by atoms with E-state index in [2.05, 4.69) is 15.3 Å². The zero-order valence-electron chi connectivity index (χ0n) is 11.2. The number of hydrogen-bond acceptors (Lipinski definition) is 4. The molecule has 0 bridgehead atoms. The standard InChI is InChI=1S/C14H16FN3O/c1-9-6-12(4-5-13(9)15)19-14-17-8-11(7-16-3)10(2)18-14/h4-6,8,16H,7H2,1-3H3. The quantitative estimate of drug-likeness (QED) is 0.919. The second kappa shape index (κ2) is 5.75. The van der Waals surface area contributed by atoms with Crippen LogP contribution < -0.4 is 10.1 Å². The largest absolute Gasteiger partial charge is 0.424 e. The first-order valence-electron chi connectivity index (χ1n) is 6.01. The van der Waals surface area contributed by atoms with Crippen molar-refractivity contribution in [3.05, 3.63) is 47.0 Å². The predicted octanol–water partition coefficient (Wildman–Crippen LogP) is 2.74. The molecule has 5 heteroatoms. The molecule has 0 saturated heterocycles. The van der Waals surface area contributed by atoms with Gasteiger partial charge >= 0.3 is 6.01 Å². The van der Waals surface area contributed by atoms with E-state index in [0.717, 1.165) is 11.3 Å². The second-order valence-electron chi connectivity index (χ2n) is 4.31. The molecule has 0 saturated carbocycles. The fourth-order valence-corrected chi connectivity index (χ4v) is 1.67. The fraction of sp³-hybridized carbons (Fsp3) is 0.286. The third-order valence-corrected chi connectivity index (χ3v) is 2.76. The van der Waals surface area contributed by atoms with Crippen LogP contribution in [0, 0.1) is 19.7 Å². The first-order valence-corrected chi connectivity index (χ1v) is 6.01. The van der Waals surface area contributed by atoms with E-state index in [4.69, 9.17) is 4.74 Å². The Morgan fingerprint density at radius 1 is 1.32 bits per heavy atom. The molecule has 0 unspecified atom stereocenters. The summed E-state index contributed by atoms with van der Waals surface area (Å²) in [5.74, 6) is 0.272. The molecule has 4 nitrogen and oxygen atoms in total. The van der Waals surface area contributed by atoms with Gasteiger partial charge in [-0.05, 0) is 44.7 Å². The van der Waals surface area contributed by atoms with Gasteiger partial charge < -0.3 is 10.1 Å². The van der Waals surface area contributed by atoms with Crippen molar-refractivity contribution in [1.29, 1.82) is 0 Å². The van der Waals surface area contributed by atoms with Crippen LogP contribution in [0.5, 0.6) is 11.8 Å². The fourth-order valence-electron chi connectivity index (χ4n) is 1.67. The molecule has 1 aromatic carbocycles. The Morgan fingerprint density at radius 2 is 2.11 bits per heavy atom. The van der Waals surface area contributed by atoms with Crippen LogP contribution in [0.4, 0.5) is 4.39 Å². The summed E-state index contributed by atoms with van der Waals surface area (Å²) in [5.41, 5.74) is 2.41. The average molecular weight is 261 g/mol. The zero-order valence-corrected chi connectivity index (χ0v) is 11.2. The highest BCUT2D eigenvalue weighted by atomic mass is 19.1. The van der Waals surface area contributed by atoms with Gasteiger partial charge in [0.15, 0.2) is 0 Å². The Hall–Kier alpha value is -2.01. The van der Waals surface area contributed by atoms with Gasteiger partial charge in [0.05, 0.1) is 0 Å². The summed E-state index contributed by atoms with van der Waals surface area (Å²) in [6, 6.07) is 4.81. The lowest BCUT2D eigenvalue weighted by molar-refractivity contribution is 0.437. The van der Waals surface area contributed by atoms with Crippen molar-refractivity contribution in [3.63, 3.8) is 0 Å². The number of hydrogen-bond donors (Lipinski definition) is 1. The first kappa shape index (κ1) is 13.4. The van der Waals surface area contributed by atoms with Crippen molar-refractivity contribution in [3.8, 4) is 11.8 Å². The number of nitrogens with zero attached hydrogens (tertiary/aromatic N) is 2. The number of nitrogens with one attached hydrogen (secondary N) is 1. The van der Waals surface area contributed by atoms with Gasteiger partial charge in [0, 0.05) is 24.0 Å². The lowest BCUT2D eigenvalue weighted by atomic mass is 10.2. The highest BCUT2D eigenvalue weighted by molar-refractivity contribution is 5.31. The Balaban J connectivity index is 2.19. The number of halogens is 1. The Labute approximate surface area is 111 Å². The van der Waals surface area contributed by atoms with E-state index in [1.54, 1.807) is 25.3 Å². The smallest absolute Gasteiger partial charge is 0.322 e. The van der Waals surface area contributed by atoms with Crippen LogP contribution in [0.3, 0.4) is 0 Å². The van der Waals surface area contributed by atoms with Gasteiger partial charge in [-0.1, -0.05) is 0 Å². The van der Waals surface area contributed by atoms with Crippen molar-refractivity contribution in [2.24, 2.45) is 0 Å². The first-order chi connectivity index (χ1) is 9.10. The maximum absolute atomic E-state index is 13.1. The number of aromatic nitrogens is 2. The molecular formula is C14H16FN3O. The Kier molecular flexibility index (Phi) is 4.06. The predicted molar refractivity (Wildman–Crippen MR) is 70.7 cm³/mol. The second-order valence-corrected chi connectivity index (χ2v) is 4.31. The van der Waals surface area contributed by atoms with E-state index in [0.29, 0.717) is 17.9 Å². The summed E-state index contributed by atoms with van der Waals surface area (Å²) in [7, 11) is 1.87. The van der Waals surface area contributed by atoms with E-state index in [-0.39, 0.29) is 11.8 Å². The maximum atomic E-state index is 13.1. The van der Waals surface area contributed by atoms with Gasteiger partial charge in [0.2, 0.25) is 0 Å². The van der Waals surface area contributed by atoms with Crippen LogP contribution in [-0.4, -0.2) is 17.0 Å². The SMILES string of the molecule is CNCc1cnc(Oc2ccc(F)c(C)c2)nc1C. The lowest BCUT2D eigenvalue weighted by Gasteiger charge is -2.08. The van der Waals surface area contributed by atoms with Crippen molar-refractivity contribution in [2.45, 2.75) is 20.4 Å². The highest BCUT2D eigenvalue weighted by Gasteiger charge is 2.06. The molecule has 0 atom stereocenters. The van der Waals surface area contributed by atoms with Crippen LogP contribution in [0.25, 0.3) is 0 Å². The molecule has 0 aliphatic carbocycles. The van der Waals surface area contributed by atoms with Crippen molar-refractivity contribution in [1.82, 2.24) is 15.3 Å². The van der Waals surface area contributed by atoms with E-state index < -0.39 is 0 Å². The molecular weight excluding hydrogens is 245 g/mol. The third kappa shape index (κ3) is 3.26. The number of aryl methyl sites for hydroxylation is 2. The minimum absolute atomic E-state index is 0.256. The van der Waals surface area contributed by atoms with E-state index in [1.807, 2.05) is 14.0 Å².